The summed E-state index contributed by atoms with van der Waals surface area (Å²) in [6, 6.07) is 22.7. The number of benzene rings is 3. The van der Waals surface area contributed by atoms with Crippen LogP contribution in [0.3, 0.4) is 0 Å². The van der Waals surface area contributed by atoms with Gasteiger partial charge in [-0.1, -0.05) is 16.8 Å². The molecule has 0 radical (unpaired) electrons. The molecule has 140 valence electrons. The Morgan fingerprint density at radius 1 is 0.931 bits per heavy atom. The predicted molar refractivity (Wildman–Crippen MR) is 109 cm³/mol. The van der Waals surface area contributed by atoms with E-state index < -0.39 is 0 Å². The molecular formula is C22H13ClN4O2. The van der Waals surface area contributed by atoms with E-state index in [0.29, 0.717) is 39.1 Å². The number of nitrogens with one attached hydrogen (secondary N) is 1. The summed E-state index contributed by atoms with van der Waals surface area (Å²) in [6.45, 7) is 0. The van der Waals surface area contributed by atoms with Gasteiger partial charge in [-0.3, -0.25) is 4.79 Å². The van der Waals surface area contributed by atoms with Crippen LogP contribution in [0.15, 0.2) is 77.3 Å². The maximum atomic E-state index is 12.4. The minimum Gasteiger partial charge on any atom is -0.334 e. The third-order valence-corrected chi connectivity index (χ3v) is 4.45. The third kappa shape index (κ3) is 4.15. The highest BCUT2D eigenvalue weighted by atomic mass is 35.5. The van der Waals surface area contributed by atoms with Crippen molar-refractivity contribution in [1.82, 2.24) is 10.1 Å². The summed E-state index contributed by atoms with van der Waals surface area (Å²) in [5, 5.41) is 16.2. The number of rotatable bonds is 4. The Labute approximate surface area is 171 Å². The number of carbonyl (C=O) groups is 1. The molecule has 0 bridgehead atoms. The lowest BCUT2D eigenvalue weighted by molar-refractivity contribution is 0.102. The second-order valence-corrected chi connectivity index (χ2v) is 6.59. The zero-order valence-corrected chi connectivity index (χ0v) is 15.7. The van der Waals surface area contributed by atoms with Crippen LogP contribution in [0.2, 0.25) is 5.02 Å². The molecule has 29 heavy (non-hydrogen) atoms. The Morgan fingerprint density at radius 2 is 1.59 bits per heavy atom. The van der Waals surface area contributed by atoms with Gasteiger partial charge in [0.05, 0.1) is 11.6 Å². The lowest BCUT2D eigenvalue weighted by Crippen LogP contribution is -2.11. The highest BCUT2D eigenvalue weighted by molar-refractivity contribution is 6.30. The van der Waals surface area contributed by atoms with Gasteiger partial charge in [0.2, 0.25) is 5.82 Å². The quantitative estimate of drug-likeness (QED) is 0.509. The molecular weight excluding hydrogens is 388 g/mol. The van der Waals surface area contributed by atoms with Gasteiger partial charge >= 0.3 is 0 Å². The van der Waals surface area contributed by atoms with E-state index in [9.17, 15) is 4.79 Å². The number of hydrogen-bond donors (Lipinski definition) is 1. The number of nitriles is 1. The molecule has 4 rings (SSSR count). The van der Waals surface area contributed by atoms with Crippen molar-refractivity contribution in [3.05, 3.63) is 88.9 Å². The van der Waals surface area contributed by atoms with E-state index in [1.807, 2.05) is 18.2 Å². The molecule has 1 N–H and O–H groups in total. The normalized spacial score (nSPS) is 10.3. The van der Waals surface area contributed by atoms with E-state index in [2.05, 4.69) is 15.5 Å². The molecule has 0 saturated heterocycles. The smallest absolute Gasteiger partial charge is 0.258 e. The molecule has 4 aromatic rings. The molecule has 1 aromatic heterocycles. The number of nitrogens with zero attached hydrogens (tertiary/aromatic N) is 3. The fourth-order valence-corrected chi connectivity index (χ4v) is 2.78. The molecule has 0 spiro atoms. The van der Waals surface area contributed by atoms with E-state index in [4.69, 9.17) is 21.4 Å². The van der Waals surface area contributed by atoms with Gasteiger partial charge in [-0.15, -0.1) is 0 Å². The average molecular weight is 401 g/mol. The third-order valence-electron chi connectivity index (χ3n) is 4.19. The number of amides is 1. The number of carbonyl (C=O) groups excluding carboxylic acids is 1. The molecule has 1 amide bonds. The van der Waals surface area contributed by atoms with Gasteiger partial charge in [-0.2, -0.15) is 10.2 Å². The highest BCUT2D eigenvalue weighted by Crippen LogP contribution is 2.24. The largest absolute Gasteiger partial charge is 0.334 e. The van der Waals surface area contributed by atoms with E-state index >= 15 is 0 Å². The van der Waals surface area contributed by atoms with E-state index in [1.54, 1.807) is 60.7 Å². The van der Waals surface area contributed by atoms with Gasteiger partial charge in [0.25, 0.3) is 11.8 Å². The van der Waals surface area contributed by atoms with Crippen LogP contribution in [-0.2, 0) is 0 Å². The zero-order chi connectivity index (χ0) is 20.2. The summed E-state index contributed by atoms with van der Waals surface area (Å²) in [6.07, 6.45) is 0. The first-order chi connectivity index (χ1) is 14.1. The van der Waals surface area contributed by atoms with Crippen molar-refractivity contribution in [2.75, 3.05) is 5.32 Å². The molecule has 0 aliphatic heterocycles. The van der Waals surface area contributed by atoms with Gasteiger partial charge in [0.15, 0.2) is 0 Å². The average Bonchev–Trinajstić information content (AvgIpc) is 3.25. The zero-order valence-electron chi connectivity index (χ0n) is 15.0. The summed E-state index contributed by atoms with van der Waals surface area (Å²) >= 11 is 5.90. The Bertz CT molecular complexity index is 1190. The first kappa shape index (κ1) is 18.4. The Kier molecular flexibility index (Phi) is 5.06. The van der Waals surface area contributed by atoms with Gasteiger partial charge in [-0.05, 0) is 72.8 Å². The van der Waals surface area contributed by atoms with Crippen molar-refractivity contribution in [2.45, 2.75) is 0 Å². The maximum Gasteiger partial charge on any atom is 0.258 e. The van der Waals surface area contributed by atoms with Crippen molar-refractivity contribution < 1.29 is 9.32 Å². The number of halogens is 1. The van der Waals surface area contributed by atoms with Crippen molar-refractivity contribution in [1.29, 1.82) is 5.26 Å². The van der Waals surface area contributed by atoms with E-state index in [1.165, 1.54) is 0 Å². The number of aromatic nitrogens is 2. The molecule has 7 heteroatoms. The summed E-state index contributed by atoms with van der Waals surface area (Å²) in [4.78, 5) is 16.8. The molecule has 0 fully saturated rings. The summed E-state index contributed by atoms with van der Waals surface area (Å²) in [5.41, 5.74) is 3.12. The fraction of sp³-hybridized carbons (Fsp3) is 0. The van der Waals surface area contributed by atoms with Crippen LogP contribution in [0.5, 0.6) is 0 Å². The van der Waals surface area contributed by atoms with Gasteiger partial charge in [0.1, 0.15) is 0 Å². The van der Waals surface area contributed by atoms with E-state index in [0.717, 1.165) is 5.56 Å². The predicted octanol–water partition coefficient (Wildman–Crippen LogP) is 5.18. The van der Waals surface area contributed by atoms with Crippen molar-refractivity contribution in [2.24, 2.45) is 0 Å². The second kappa shape index (κ2) is 7.97. The fourth-order valence-electron chi connectivity index (χ4n) is 2.65. The molecule has 3 aromatic carbocycles. The van der Waals surface area contributed by atoms with Crippen LogP contribution in [0.25, 0.3) is 22.8 Å². The number of anilines is 1. The molecule has 0 unspecified atom stereocenters. The lowest BCUT2D eigenvalue weighted by Gasteiger charge is -2.05. The second-order valence-electron chi connectivity index (χ2n) is 6.15. The first-order valence-corrected chi connectivity index (χ1v) is 9.02. The maximum absolute atomic E-state index is 12.4. The number of hydrogen-bond acceptors (Lipinski definition) is 5. The van der Waals surface area contributed by atoms with Gasteiger partial charge in [0, 0.05) is 27.4 Å². The van der Waals surface area contributed by atoms with Crippen LogP contribution >= 0.6 is 11.6 Å². The Morgan fingerprint density at radius 3 is 2.24 bits per heavy atom. The molecule has 0 atom stereocenters. The molecule has 6 nitrogen and oxygen atoms in total. The van der Waals surface area contributed by atoms with Crippen molar-refractivity contribution in [3.8, 4) is 28.9 Å². The topological polar surface area (TPSA) is 91.8 Å². The Balaban J connectivity index is 1.48. The minimum absolute atomic E-state index is 0.256. The van der Waals surface area contributed by atoms with Gasteiger partial charge < -0.3 is 9.84 Å². The van der Waals surface area contributed by atoms with Crippen LogP contribution in [-0.4, -0.2) is 16.0 Å². The first-order valence-electron chi connectivity index (χ1n) is 8.64. The monoisotopic (exact) mass is 400 g/mol. The highest BCUT2D eigenvalue weighted by Gasteiger charge is 2.12. The molecule has 0 aliphatic rings. The van der Waals surface area contributed by atoms with Crippen LogP contribution in [0.4, 0.5) is 5.69 Å². The summed E-state index contributed by atoms with van der Waals surface area (Å²) in [7, 11) is 0. The Hall–Kier alpha value is -3.95. The summed E-state index contributed by atoms with van der Waals surface area (Å²) < 4.78 is 5.33. The van der Waals surface area contributed by atoms with Crippen molar-refractivity contribution in [3.63, 3.8) is 0 Å². The van der Waals surface area contributed by atoms with Crippen LogP contribution in [0.1, 0.15) is 15.9 Å². The summed E-state index contributed by atoms with van der Waals surface area (Å²) in [5.74, 6) is 0.557. The molecule has 0 saturated carbocycles. The standard InChI is InChI=1S/C22H13ClN4O2/c23-18-9-7-15(8-10-18)20-26-22(29-27-20)17-5-3-16(4-6-17)21(28)25-19-11-1-14(13-24)2-12-19/h1-12H,(H,25,28). The van der Waals surface area contributed by atoms with Crippen LogP contribution in [0, 0.1) is 11.3 Å². The van der Waals surface area contributed by atoms with E-state index in [-0.39, 0.29) is 5.91 Å². The molecule has 1 heterocycles. The SMILES string of the molecule is N#Cc1ccc(NC(=O)c2ccc(-c3nc(-c4ccc(Cl)cc4)no3)cc2)cc1. The van der Waals surface area contributed by atoms with Crippen LogP contribution < -0.4 is 5.32 Å². The molecule has 0 aliphatic carbocycles. The van der Waals surface area contributed by atoms with Gasteiger partial charge in [-0.25, -0.2) is 0 Å². The lowest BCUT2D eigenvalue weighted by atomic mass is 10.1. The minimum atomic E-state index is -0.256. The van der Waals surface area contributed by atoms with Crippen molar-refractivity contribution >= 4 is 23.2 Å².